The van der Waals surface area contributed by atoms with Crippen LogP contribution in [0.4, 0.5) is 0 Å². The third kappa shape index (κ3) is 3.38. The molecule has 1 aliphatic carbocycles. The molecule has 0 saturated carbocycles. The third-order valence-corrected chi connectivity index (χ3v) is 17.2. The van der Waals surface area contributed by atoms with Crippen molar-refractivity contribution in [3.05, 3.63) is 169 Å². The van der Waals surface area contributed by atoms with E-state index in [1.165, 1.54) is 75.8 Å². The molecule has 0 saturated heterocycles. The number of rotatable bonds is 1. The number of benzene rings is 7. The van der Waals surface area contributed by atoms with E-state index in [-0.39, 0.29) is 18.8 Å². The van der Waals surface area contributed by atoms with E-state index in [4.69, 9.17) is 4.74 Å². The molecule has 0 N–H and O–H groups in total. The Kier molecular flexibility index (Phi) is 5.44. The van der Waals surface area contributed by atoms with Crippen molar-refractivity contribution in [2.45, 2.75) is 19.3 Å². The first kappa shape index (κ1) is 27.6. The van der Waals surface area contributed by atoms with Gasteiger partial charge in [0.05, 0.1) is 0 Å². The van der Waals surface area contributed by atoms with Gasteiger partial charge in [-0.15, -0.1) is 0 Å². The minimum absolute atomic E-state index is 0.0532. The van der Waals surface area contributed by atoms with Gasteiger partial charge in [0.25, 0.3) is 6.71 Å². The van der Waals surface area contributed by atoms with Gasteiger partial charge in [0.2, 0.25) is 6.71 Å². The van der Waals surface area contributed by atoms with E-state index >= 15 is 0 Å². The summed E-state index contributed by atoms with van der Waals surface area (Å²) in [5, 5.41) is 5.97. The zero-order chi connectivity index (χ0) is 32.5. The van der Waals surface area contributed by atoms with E-state index in [1.807, 2.05) is 0 Å². The molecule has 1 spiro atoms. The number of fused-ring (bicyclic) bond motifs is 13. The van der Waals surface area contributed by atoms with Crippen molar-refractivity contribution in [1.82, 2.24) is 0 Å². The highest BCUT2D eigenvalue weighted by atomic mass is 28.3. The first-order chi connectivity index (χ1) is 24.1. The van der Waals surface area contributed by atoms with Crippen molar-refractivity contribution >= 4 is 75.0 Å². The molecule has 0 atom stereocenters. The highest BCUT2D eigenvalue weighted by Crippen LogP contribution is 2.48. The fourth-order valence-electron chi connectivity index (χ4n) is 10.2. The molecule has 4 heteroatoms. The topological polar surface area (TPSA) is 9.23 Å². The molecule has 3 aliphatic heterocycles. The fourth-order valence-corrected chi connectivity index (χ4v) is 16.0. The van der Waals surface area contributed by atoms with E-state index in [9.17, 15) is 0 Å². The Bertz CT molecular complexity index is 2500. The van der Waals surface area contributed by atoms with Gasteiger partial charge in [0.1, 0.15) is 11.5 Å². The van der Waals surface area contributed by atoms with E-state index < -0.39 is 8.07 Å². The SMILES string of the molecule is CC1(C)c2ccccc2-c2ccc(B3c4ccccc4[Si]4(c5ccccc53)c3ccccc3B3c5ccccc5Oc5cccc4c53)cc21. The van der Waals surface area contributed by atoms with Crippen molar-refractivity contribution in [2.75, 3.05) is 0 Å². The van der Waals surface area contributed by atoms with E-state index in [0.29, 0.717) is 0 Å². The zero-order valence-electron chi connectivity index (χ0n) is 27.6. The highest BCUT2D eigenvalue weighted by molar-refractivity contribution is 7.31. The summed E-state index contributed by atoms with van der Waals surface area (Å²) in [5.74, 6) is 1.97. The van der Waals surface area contributed by atoms with Crippen LogP contribution < -0.4 is 58.3 Å². The normalized spacial score (nSPS) is 16.0. The summed E-state index contributed by atoms with van der Waals surface area (Å²) in [5.41, 5.74) is 13.8. The van der Waals surface area contributed by atoms with E-state index in [1.54, 1.807) is 0 Å². The van der Waals surface area contributed by atoms with Gasteiger partial charge >= 0.3 is 0 Å². The summed E-state index contributed by atoms with van der Waals surface area (Å²) >= 11 is 0. The average molecular weight is 638 g/mol. The van der Waals surface area contributed by atoms with Crippen molar-refractivity contribution < 1.29 is 4.74 Å². The highest BCUT2D eigenvalue weighted by Gasteiger charge is 2.56. The molecular weight excluding hydrogens is 606 g/mol. The minimum atomic E-state index is -2.78. The monoisotopic (exact) mass is 638 g/mol. The van der Waals surface area contributed by atoms with Gasteiger partial charge < -0.3 is 4.74 Å². The Morgan fingerprint density at radius 2 is 0.980 bits per heavy atom. The molecular formula is C45H32B2OSi. The van der Waals surface area contributed by atoms with Gasteiger partial charge in [-0.2, -0.15) is 0 Å². The Morgan fingerprint density at radius 3 is 1.69 bits per heavy atom. The van der Waals surface area contributed by atoms with Crippen LogP contribution >= 0.6 is 0 Å². The summed E-state index contributed by atoms with van der Waals surface area (Å²) in [6, 6.07) is 60.0. The van der Waals surface area contributed by atoms with Crippen molar-refractivity contribution in [1.29, 1.82) is 0 Å². The maximum atomic E-state index is 6.75. The molecule has 3 heterocycles. The predicted molar refractivity (Wildman–Crippen MR) is 210 cm³/mol. The zero-order valence-corrected chi connectivity index (χ0v) is 28.6. The van der Waals surface area contributed by atoms with Gasteiger partial charge in [-0.1, -0.05) is 181 Å². The molecule has 0 amide bonds. The van der Waals surface area contributed by atoms with E-state index in [2.05, 4.69) is 172 Å². The summed E-state index contributed by atoms with van der Waals surface area (Å²) in [6.45, 7) is 5.06. The van der Waals surface area contributed by atoms with Gasteiger partial charge in [0.15, 0.2) is 8.07 Å². The lowest BCUT2D eigenvalue weighted by Gasteiger charge is -2.48. The number of hydrogen-bond acceptors (Lipinski definition) is 1. The van der Waals surface area contributed by atoms with Crippen molar-refractivity contribution in [2.24, 2.45) is 0 Å². The van der Waals surface area contributed by atoms with Crippen LogP contribution in [-0.2, 0) is 5.41 Å². The maximum Gasteiger partial charge on any atom is 0.250 e. The Morgan fingerprint density at radius 1 is 0.449 bits per heavy atom. The molecule has 0 radical (unpaired) electrons. The predicted octanol–water partition coefficient (Wildman–Crippen LogP) is 3.14. The lowest BCUT2D eigenvalue weighted by atomic mass is 9.35. The molecule has 228 valence electrons. The quantitative estimate of drug-likeness (QED) is 0.252. The third-order valence-electron chi connectivity index (χ3n) is 12.2. The molecule has 0 fully saturated rings. The molecule has 7 aromatic carbocycles. The standard InChI is InChI=1S/C45H32B2OSi/c1-45(2)32-15-4-3-14-30(32)31-27-26-29(28-33(31)45)46-35-17-6-10-22-40(35)49(41-23-11-7-18-36(41)46)42-24-12-8-19-37(42)47-34-16-5-9-20-38(34)48-39-21-13-25-43(49)44(39)47/h3-28H,1-2H3. The molecule has 4 aliphatic rings. The van der Waals surface area contributed by atoms with Crippen LogP contribution in [0.15, 0.2) is 158 Å². The smallest absolute Gasteiger partial charge is 0.250 e. The van der Waals surface area contributed by atoms with Crippen LogP contribution in [0.1, 0.15) is 25.0 Å². The van der Waals surface area contributed by atoms with Crippen molar-refractivity contribution in [3.63, 3.8) is 0 Å². The lowest BCUT2D eigenvalue weighted by Crippen LogP contribution is -2.93. The van der Waals surface area contributed by atoms with Crippen molar-refractivity contribution in [3.8, 4) is 22.6 Å². The maximum absolute atomic E-state index is 6.75. The van der Waals surface area contributed by atoms with E-state index in [0.717, 1.165) is 11.5 Å². The van der Waals surface area contributed by atoms with Gasteiger partial charge in [0, 0.05) is 5.41 Å². The second-order valence-electron chi connectivity index (χ2n) is 14.7. The number of hydrogen-bond donors (Lipinski definition) is 0. The molecule has 11 rings (SSSR count). The van der Waals surface area contributed by atoms with Gasteiger partial charge in [-0.05, 0) is 66.1 Å². The molecule has 49 heavy (non-hydrogen) atoms. The first-order valence-electron chi connectivity index (χ1n) is 17.5. The summed E-state index contributed by atoms with van der Waals surface area (Å²) in [7, 11) is -2.78. The molecule has 1 nitrogen and oxygen atoms in total. The Hall–Kier alpha value is -5.31. The largest absolute Gasteiger partial charge is 0.458 e. The van der Waals surface area contributed by atoms with Gasteiger partial charge in [-0.3, -0.25) is 0 Å². The Labute approximate surface area is 289 Å². The Balaban J connectivity index is 1.21. The lowest BCUT2D eigenvalue weighted by molar-refractivity contribution is 0.488. The van der Waals surface area contributed by atoms with Crippen LogP contribution in [0, 0.1) is 0 Å². The minimum Gasteiger partial charge on any atom is -0.458 e. The van der Waals surface area contributed by atoms with Crippen LogP contribution in [0.3, 0.4) is 0 Å². The van der Waals surface area contributed by atoms with Crippen LogP contribution in [0.5, 0.6) is 11.5 Å². The van der Waals surface area contributed by atoms with Gasteiger partial charge in [-0.25, -0.2) is 0 Å². The first-order valence-corrected chi connectivity index (χ1v) is 19.5. The molecule has 0 bridgehead atoms. The number of para-hydroxylation sites is 1. The van der Waals surface area contributed by atoms with Crippen LogP contribution in [0.2, 0.25) is 0 Å². The summed E-state index contributed by atoms with van der Waals surface area (Å²) in [6.07, 6.45) is 0. The van der Waals surface area contributed by atoms with Crippen LogP contribution in [-0.4, -0.2) is 21.5 Å². The second kappa shape index (κ2) is 9.65. The van der Waals surface area contributed by atoms with Crippen LogP contribution in [0.25, 0.3) is 11.1 Å². The molecule has 7 aromatic rings. The summed E-state index contributed by atoms with van der Waals surface area (Å²) < 4.78 is 6.75. The molecule has 0 aromatic heterocycles. The summed E-state index contributed by atoms with van der Waals surface area (Å²) in [4.78, 5) is 0. The number of ether oxygens (including phenoxy) is 1. The fraction of sp³-hybridized carbons (Fsp3) is 0.0667. The molecule has 0 unspecified atom stereocenters. The second-order valence-corrected chi connectivity index (χ2v) is 18.4. The average Bonchev–Trinajstić information content (AvgIpc) is 3.38.